The van der Waals surface area contributed by atoms with E-state index in [0.29, 0.717) is 98.0 Å². The first-order chi connectivity index (χ1) is 37.6. The van der Waals surface area contributed by atoms with Crippen LogP contribution in [0.2, 0.25) is 0 Å². The number of rotatable bonds is 21. The lowest BCUT2D eigenvalue weighted by molar-refractivity contribution is -0.137. The first kappa shape index (κ1) is 55.6. The van der Waals surface area contributed by atoms with Gasteiger partial charge in [0.2, 0.25) is 11.8 Å². The number of aliphatic imine (C=N–C) groups is 2. The first-order valence-electron chi connectivity index (χ1n) is 26.2. The molecular formula is C60H65N7O11. The monoisotopic (exact) mass is 1060 g/mol. The van der Waals surface area contributed by atoms with Crippen molar-refractivity contribution >= 4 is 76.2 Å². The zero-order chi connectivity index (χ0) is 55.5. The van der Waals surface area contributed by atoms with Crippen LogP contribution in [0.3, 0.4) is 0 Å². The molecule has 5 heterocycles. The minimum Gasteiger partial charge on any atom is -0.497 e. The Kier molecular flexibility index (Phi) is 18.1. The second-order valence-corrected chi connectivity index (χ2v) is 19.6. The van der Waals surface area contributed by atoms with Crippen molar-refractivity contribution in [3.63, 3.8) is 0 Å². The van der Waals surface area contributed by atoms with E-state index in [9.17, 15) is 33.6 Å². The Morgan fingerprint density at radius 3 is 1.85 bits per heavy atom. The molecule has 0 aliphatic carbocycles. The van der Waals surface area contributed by atoms with Gasteiger partial charge in [0.1, 0.15) is 11.5 Å². The van der Waals surface area contributed by atoms with Crippen molar-refractivity contribution in [1.82, 2.24) is 25.3 Å². The average Bonchev–Trinajstić information content (AvgIpc) is 4.14. The molecule has 0 saturated heterocycles. The molecule has 4 aromatic rings. The van der Waals surface area contributed by atoms with Crippen LogP contribution in [0.25, 0.3) is 11.1 Å². The third kappa shape index (κ3) is 13.1. The highest BCUT2D eigenvalue weighted by atomic mass is 16.5. The molecule has 2 N–H and O–H groups in total. The smallest absolute Gasteiger partial charge is 0.260 e. The summed E-state index contributed by atoms with van der Waals surface area (Å²) < 4.78 is 23.2. The number of carbonyl (C=O) groups is 7. The molecule has 18 nitrogen and oxygen atoms in total. The Balaban J connectivity index is 0.000000262. The third-order valence-corrected chi connectivity index (χ3v) is 14.1. The number of aryl methyl sites for hydroxylation is 1. The second kappa shape index (κ2) is 25.4. The van der Waals surface area contributed by atoms with Crippen LogP contribution in [0, 0.1) is 12.8 Å². The molecule has 0 fully saturated rings. The molecular weight excluding hydrogens is 995 g/mol. The van der Waals surface area contributed by atoms with E-state index in [0.717, 1.165) is 33.6 Å². The van der Waals surface area contributed by atoms with Crippen molar-refractivity contribution in [3.05, 3.63) is 131 Å². The number of unbranched alkanes of at least 4 members (excludes halogenated alkanes) is 2. The summed E-state index contributed by atoms with van der Waals surface area (Å²) in [7, 11) is 4.72. The van der Waals surface area contributed by atoms with E-state index >= 15 is 0 Å². The van der Waals surface area contributed by atoms with Crippen LogP contribution in [0.1, 0.15) is 103 Å². The quantitative estimate of drug-likeness (QED) is 0.0600. The van der Waals surface area contributed by atoms with Crippen LogP contribution in [-0.4, -0.2) is 128 Å². The van der Waals surface area contributed by atoms with Gasteiger partial charge in [-0.25, -0.2) is 0 Å². The van der Waals surface area contributed by atoms with Gasteiger partial charge in [-0.2, -0.15) is 0 Å². The van der Waals surface area contributed by atoms with E-state index in [4.69, 9.17) is 28.9 Å². The highest BCUT2D eigenvalue weighted by Crippen LogP contribution is 2.41. The fourth-order valence-corrected chi connectivity index (χ4v) is 9.63. The molecule has 5 aliphatic rings. The number of carbonyl (C=O) groups excluding carboxylic acids is 7. The Bertz CT molecular complexity index is 3090. The summed E-state index contributed by atoms with van der Waals surface area (Å²) in [5, 5.41) is 5.13. The standard InChI is InChI=1S/C42H38N4O6.C18H27N3O5/c1-26-16-34-36(43-22-32-18-30(25-45(32)41(34)47)28-10-12-33(49-2)13-11-28)20-38(26)51-14-7-15-52-40-21-37-35(19-39(40)50-3)42(48)46-24-29(17-31(46)23-44-37)27-8-5-4-6-9-27;1-12(18(26)19-3)11-14(22)13(2)20-15(23)7-5-4-6-10-21-16(24)8-9-17(21)25/h4-6,8-13,16,19-25,31-32H,7,14-15,17-18H2,1-3H3;8-9,12-13H,4-7,10-11H2,1-3H3,(H,19,26)(H,20,23)/t31-,32-;/m0./s1. The number of nitrogens with one attached hydrogen (secondary N) is 2. The van der Waals surface area contributed by atoms with Crippen molar-refractivity contribution < 1.29 is 52.5 Å². The number of benzene rings is 4. The summed E-state index contributed by atoms with van der Waals surface area (Å²) >= 11 is 0. The number of nitrogens with zero attached hydrogens (tertiary/aromatic N) is 5. The number of imide groups is 1. The molecule has 2 unspecified atom stereocenters. The molecule has 18 heteroatoms. The SMILES string of the molecule is CNC(=O)C(C)CC(=O)C(C)NC(=O)CCCCCN1C(=O)C=CC1=O.COc1ccc(C2=CN3C(=O)c4cc(C)c(OCCCOc5cc6c(cc5OC)C(=O)N5C=C(c7ccccc7)C[C@H]5C=N6)cc4N=C[C@@H]3C2)cc1. The van der Waals surface area contributed by atoms with Crippen molar-refractivity contribution in [2.45, 2.75) is 90.3 Å². The van der Waals surface area contributed by atoms with E-state index in [-0.39, 0.29) is 66.2 Å². The van der Waals surface area contributed by atoms with Crippen molar-refractivity contribution in [3.8, 4) is 23.0 Å². The van der Waals surface area contributed by atoms with Crippen LogP contribution in [0.4, 0.5) is 11.4 Å². The maximum absolute atomic E-state index is 13.7. The summed E-state index contributed by atoms with van der Waals surface area (Å²) in [6.07, 6.45) is 14.3. The molecule has 4 aromatic carbocycles. The molecule has 0 bridgehead atoms. The molecule has 9 rings (SSSR count). The van der Waals surface area contributed by atoms with E-state index in [1.54, 1.807) is 50.0 Å². The predicted molar refractivity (Wildman–Crippen MR) is 295 cm³/mol. The summed E-state index contributed by atoms with van der Waals surface area (Å²) in [5.41, 5.74) is 7.33. The summed E-state index contributed by atoms with van der Waals surface area (Å²) in [4.78, 5) is 99.5. The number of Topliss-reactive ketones (excluding diaryl/α,β-unsaturated/α-hetero) is 1. The maximum Gasteiger partial charge on any atom is 0.260 e. The average molecular weight is 1060 g/mol. The Morgan fingerprint density at radius 2 is 1.26 bits per heavy atom. The summed E-state index contributed by atoms with van der Waals surface area (Å²) in [5.74, 6) is 0.563. The molecule has 406 valence electrons. The van der Waals surface area contributed by atoms with E-state index in [1.165, 1.54) is 24.1 Å². The van der Waals surface area contributed by atoms with Gasteiger partial charge in [-0.3, -0.25) is 48.4 Å². The van der Waals surface area contributed by atoms with Crippen LogP contribution in [0.5, 0.6) is 23.0 Å². The van der Waals surface area contributed by atoms with Crippen LogP contribution in [0.15, 0.2) is 113 Å². The lowest BCUT2D eigenvalue weighted by Gasteiger charge is -2.19. The number of amides is 6. The highest BCUT2D eigenvalue weighted by molar-refractivity contribution is 6.13. The van der Waals surface area contributed by atoms with Gasteiger partial charge >= 0.3 is 0 Å². The zero-order valence-corrected chi connectivity index (χ0v) is 44.8. The molecule has 6 amide bonds. The van der Waals surface area contributed by atoms with Crippen molar-refractivity contribution in [1.29, 1.82) is 0 Å². The first-order valence-corrected chi connectivity index (χ1v) is 26.2. The Morgan fingerprint density at radius 1 is 0.679 bits per heavy atom. The number of methoxy groups -OCH3 is 2. The van der Waals surface area contributed by atoms with Gasteiger partial charge < -0.3 is 39.4 Å². The van der Waals surface area contributed by atoms with Gasteiger partial charge in [-0.1, -0.05) is 55.8 Å². The van der Waals surface area contributed by atoms with Gasteiger partial charge in [0.15, 0.2) is 17.3 Å². The topological polar surface area (TPSA) is 215 Å². The van der Waals surface area contributed by atoms with Gasteiger partial charge in [0.05, 0.1) is 68.1 Å². The third-order valence-electron chi connectivity index (χ3n) is 14.1. The maximum atomic E-state index is 13.7. The molecule has 0 radical (unpaired) electrons. The molecule has 0 aromatic heterocycles. The molecule has 5 aliphatic heterocycles. The largest absolute Gasteiger partial charge is 0.497 e. The van der Waals surface area contributed by atoms with Gasteiger partial charge in [0.25, 0.3) is 23.6 Å². The normalized spacial score (nSPS) is 17.5. The number of ether oxygens (including phenoxy) is 4. The van der Waals surface area contributed by atoms with E-state index < -0.39 is 12.0 Å². The number of hydrogen-bond acceptors (Lipinski definition) is 13. The number of fused-ring (bicyclic) bond motifs is 4. The Labute approximate surface area is 453 Å². The predicted octanol–water partition coefficient (Wildman–Crippen LogP) is 8.12. The molecule has 4 atom stereocenters. The zero-order valence-electron chi connectivity index (χ0n) is 44.8. The highest BCUT2D eigenvalue weighted by Gasteiger charge is 2.35. The minimum atomic E-state index is -0.638. The fraction of sp³-hybridized carbons (Fsp3) is 0.350. The summed E-state index contributed by atoms with van der Waals surface area (Å²) in [6, 6.07) is 24.2. The lowest BCUT2D eigenvalue weighted by Crippen LogP contribution is -2.40. The molecule has 78 heavy (non-hydrogen) atoms. The number of hydrogen-bond donors (Lipinski definition) is 2. The molecule has 0 spiro atoms. The fourth-order valence-electron chi connectivity index (χ4n) is 9.63. The van der Waals surface area contributed by atoms with Crippen LogP contribution < -0.4 is 29.6 Å². The lowest BCUT2D eigenvalue weighted by atomic mass is 10.00. The van der Waals surface area contributed by atoms with Gasteiger partial charge in [-0.15, -0.1) is 0 Å². The molecule has 0 saturated carbocycles. The van der Waals surface area contributed by atoms with E-state index in [2.05, 4.69) is 22.8 Å². The van der Waals surface area contributed by atoms with Crippen LogP contribution >= 0.6 is 0 Å². The van der Waals surface area contributed by atoms with Crippen molar-refractivity contribution in [2.24, 2.45) is 15.9 Å². The van der Waals surface area contributed by atoms with Crippen molar-refractivity contribution in [2.75, 3.05) is 41.0 Å². The Hall–Kier alpha value is -8.67. The van der Waals surface area contributed by atoms with Gasteiger partial charge in [-0.05, 0) is 78.8 Å². The minimum absolute atomic E-state index is 0.0764. The van der Waals surface area contributed by atoms with Gasteiger partial charge in [0, 0.05) is 101 Å². The second-order valence-electron chi connectivity index (χ2n) is 19.6. The van der Waals surface area contributed by atoms with Crippen LogP contribution in [-0.2, 0) is 24.0 Å². The number of ketones is 1. The summed E-state index contributed by atoms with van der Waals surface area (Å²) in [6.45, 7) is 6.28. The van der Waals surface area contributed by atoms with E-state index in [1.807, 2.05) is 86.4 Å².